The van der Waals surface area contributed by atoms with Crippen molar-refractivity contribution in [1.29, 1.82) is 0 Å². The highest BCUT2D eigenvalue weighted by Gasteiger charge is 2.10. The van der Waals surface area contributed by atoms with Gasteiger partial charge in [0.2, 0.25) is 5.91 Å². The molecule has 0 aromatic rings. The van der Waals surface area contributed by atoms with Crippen molar-refractivity contribution in [3.63, 3.8) is 0 Å². The van der Waals surface area contributed by atoms with Gasteiger partial charge in [-0.3, -0.25) is 4.79 Å². The van der Waals surface area contributed by atoms with Crippen LogP contribution in [0.1, 0.15) is 45.4 Å². The van der Waals surface area contributed by atoms with Crippen molar-refractivity contribution in [3.05, 3.63) is 36.2 Å². The molecule has 0 spiro atoms. The Labute approximate surface area is 135 Å². The van der Waals surface area contributed by atoms with Crippen LogP contribution in [0.5, 0.6) is 0 Å². The monoisotopic (exact) mass is 312 g/mol. The van der Waals surface area contributed by atoms with Gasteiger partial charge in [-0.2, -0.15) is 0 Å². The van der Waals surface area contributed by atoms with Gasteiger partial charge >= 0.3 is 0 Å². The van der Waals surface area contributed by atoms with Crippen LogP contribution in [-0.4, -0.2) is 36.3 Å². The summed E-state index contributed by atoms with van der Waals surface area (Å²) in [5.74, 6) is 0.0730. The number of hydrogen-bond acceptors (Lipinski definition) is 2. The number of amides is 1. The number of carbonyl (C=O) groups is 1. The van der Waals surface area contributed by atoms with E-state index in [0.717, 1.165) is 12.1 Å². The fourth-order valence-electron chi connectivity index (χ4n) is 2.13. The fourth-order valence-corrected chi connectivity index (χ4v) is 2.13. The summed E-state index contributed by atoms with van der Waals surface area (Å²) in [6.07, 6.45) is 17.0. The minimum absolute atomic E-state index is 0. The van der Waals surface area contributed by atoms with Crippen LogP contribution in [0, 0.1) is 0 Å². The lowest BCUT2D eigenvalue weighted by atomic mass is 10.1. The Bertz CT molecular complexity index is 386. The largest absolute Gasteiger partial charge is 0.378 e. The van der Waals surface area contributed by atoms with Crippen LogP contribution in [0.3, 0.4) is 0 Å². The average molecular weight is 313 g/mol. The molecule has 0 fully saturated rings. The Kier molecular flexibility index (Phi) is 10.8. The molecule has 0 N–H and O–H groups in total. The van der Waals surface area contributed by atoms with E-state index in [2.05, 4.69) is 13.0 Å². The zero-order valence-corrected chi connectivity index (χ0v) is 14.4. The number of likely N-dealkylation sites (N-methyl/N-ethyl adjacent to an activating group) is 1. The van der Waals surface area contributed by atoms with Gasteiger partial charge in [-0.05, 0) is 31.1 Å². The molecule has 4 heteroatoms. The molecule has 1 aliphatic heterocycles. The molecule has 0 saturated carbocycles. The van der Waals surface area contributed by atoms with E-state index in [1.54, 1.807) is 11.0 Å². The van der Waals surface area contributed by atoms with E-state index in [0.29, 0.717) is 6.54 Å². The maximum absolute atomic E-state index is 12.0. The molecular weight excluding hydrogens is 284 g/mol. The van der Waals surface area contributed by atoms with Gasteiger partial charge < -0.3 is 9.80 Å². The number of allylic oxidation sites excluding steroid dienone is 2. The molecule has 1 amide bonds. The smallest absolute Gasteiger partial charge is 0.250 e. The lowest BCUT2D eigenvalue weighted by Crippen LogP contribution is -2.27. The molecular formula is C17H29ClN2O. The highest BCUT2D eigenvalue weighted by atomic mass is 35.5. The third kappa shape index (κ3) is 7.96. The number of nitrogens with zero attached hydrogens (tertiary/aromatic N) is 2. The Morgan fingerprint density at radius 3 is 2.57 bits per heavy atom. The first-order valence-electron chi connectivity index (χ1n) is 7.68. The van der Waals surface area contributed by atoms with E-state index >= 15 is 0 Å². The summed E-state index contributed by atoms with van der Waals surface area (Å²) in [7, 11) is 4.01. The Morgan fingerprint density at radius 2 is 2.00 bits per heavy atom. The van der Waals surface area contributed by atoms with E-state index in [-0.39, 0.29) is 18.3 Å². The van der Waals surface area contributed by atoms with Gasteiger partial charge in [0.05, 0.1) is 0 Å². The molecule has 0 saturated heterocycles. The van der Waals surface area contributed by atoms with Crippen LogP contribution in [0.4, 0.5) is 0 Å². The molecule has 1 aliphatic rings. The molecule has 0 aromatic heterocycles. The summed E-state index contributed by atoms with van der Waals surface area (Å²) in [6.45, 7) is 2.88. The van der Waals surface area contributed by atoms with Crippen LogP contribution in [0.15, 0.2) is 36.2 Å². The van der Waals surface area contributed by atoms with Crippen LogP contribution in [0.25, 0.3) is 0 Å². The number of hydrogen-bond donors (Lipinski definition) is 0. The molecule has 0 radical (unpaired) electrons. The Balaban J connectivity index is 0.00000400. The first kappa shape index (κ1) is 19.8. The molecule has 0 aliphatic carbocycles. The zero-order chi connectivity index (χ0) is 14.8. The standard InChI is InChI=1S/C17H28N2O.ClH/c1-4-5-6-7-8-9-10-11-17(20)19-14-12-16(13-15-19)18(2)3;/h10-14H,4-9,15H2,1-3H3;1H/b11-10+;. The van der Waals surface area contributed by atoms with Gasteiger partial charge in [-0.1, -0.05) is 38.7 Å². The Hall–Kier alpha value is -1.22. The third-order valence-corrected chi connectivity index (χ3v) is 3.46. The second kappa shape index (κ2) is 11.4. The molecule has 0 unspecified atom stereocenters. The van der Waals surface area contributed by atoms with E-state index < -0.39 is 0 Å². The minimum atomic E-state index is 0. The van der Waals surface area contributed by atoms with Gasteiger partial charge in [0.15, 0.2) is 0 Å². The normalized spacial score (nSPS) is 14.0. The molecule has 0 bridgehead atoms. The number of halogens is 1. The van der Waals surface area contributed by atoms with E-state index in [1.165, 1.54) is 32.1 Å². The van der Waals surface area contributed by atoms with Crippen molar-refractivity contribution in [2.24, 2.45) is 0 Å². The Morgan fingerprint density at radius 1 is 1.29 bits per heavy atom. The summed E-state index contributed by atoms with van der Waals surface area (Å²) in [4.78, 5) is 15.7. The third-order valence-electron chi connectivity index (χ3n) is 3.46. The van der Waals surface area contributed by atoms with E-state index in [4.69, 9.17) is 0 Å². The number of carbonyl (C=O) groups excluding carboxylic acids is 1. The van der Waals surface area contributed by atoms with Crippen molar-refractivity contribution < 1.29 is 4.79 Å². The topological polar surface area (TPSA) is 23.6 Å². The maximum atomic E-state index is 12.0. The first-order valence-corrected chi connectivity index (χ1v) is 7.68. The highest BCUT2D eigenvalue weighted by molar-refractivity contribution is 5.88. The van der Waals surface area contributed by atoms with Crippen LogP contribution < -0.4 is 0 Å². The van der Waals surface area contributed by atoms with Gasteiger partial charge in [-0.15, -0.1) is 12.4 Å². The lowest BCUT2D eigenvalue weighted by Gasteiger charge is -2.22. The molecule has 0 aromatic carbocycles. The zero-order valence-electron chi connectivity index (χ0n) is 13.5. The molecule has 1 heterocycles. The van der Waals surface area contributed by atoms with Crippen LogP contribution in [0.2, 0.25) is 0 Å². The van der Waals surface area contributed by atoms with Crippen molar-refractivity contribution in [1.82, 2.24) is 9.80 Å². The predicted molar refractivity (Wildman–Crippen MR) is 92.4 cm³/mol. The second-order valence-electron chi connectivity index (χ2n) is 5.44. The number of unbranched alkanes of at least 4 members (excludes halogenated alkanes) is 5. The molecule has 21 heavy (non-hydrogen) atoms. The summed E-state index contributed by atoms with van der Waals surface area (Å²) >= 11 is 0. The van der Waals surface area contributed by atoms with Gasteiger partial charge in [0.1, 0.15) is 0 Å². The summed E-state index contributed by atoms with van der Waals surface area (Å²) < 4.78 is 0. The second-order valence-corrected chi connectivity index (χ2v) is 5.44. The maximum Gasteiger partial charge on any atom is 0.250 e. The van der Waals surface area contributed by atoms with Crippen molar-refractivity contribution in [2.45, 2.75) is 45.4 Å². The highest BCUT2D eigenvalue weighted by Crippen LogP contribution is 2.10. The fraction of sp³-hybridized carbons (Fsp3) is 0.588. The lowest BCUT2D eigenvalue weighted by molar-refractivity contribution is -0.123. The molecule has 3 nitrogen and oxygen atoms in total. The molecule has 0 atom stereocenters. The van der Waals surface area contributed by atoms with Crippen molar-refractivity contribution in [2.75, 3.05) is 20.6 Å². The summed E-state index contributed by atoms with van der Waals surface area (Å²) in [6, 6.07) is 0. The van der Waals surface area contributed by atoms with Crippen molar-refractivity contribution >= 4 is 18.3 Å². The van der Waals surface area contributed by atoms with Crippen molar-refractivity contribution in [3.8, 4) is 0 Å². The quantitative estimate of drug-likeness (QED) is 0.497. The van der Waals surface area contributed by atoms with E-state index in [1.807, 2.05) is 37.3 Å². The van der Waals surface area contributed by atoms with E-state index in [9.17, 15) is 4.79 Å². The van der Waals surface area contributed by atoms with Gasteiger partial charge in [0, 0.05) is 32.5 Å². The molecule has 1 rings (SSSR count). The average Bonchev–Trinajstić information content (AvgIpc) is 2.46. The predicted octanol–water partition coefficient (Wildman–Crippen LogP) is 4.13. The minimum Gasteiger partial charge on any atom is -0.378 e. The SMILES string of the molecule is CCCCCCC/C=C/C(=O)N1C=CC(N(C)C)=CC1.Cl. The number of rotatable bonds is 8. The summed E-state index contributed by atoms with van der Waals surface area (Å²) in [5, 5.41) is 0. The molecule has 120 valence electrons. The first-order chi connectivity index (χ1) is 9.65. The summed E-state index contributed by atoms with van der Waals surface area (Å²) in [5.41, 5.74) is 1.15. The van der Waals surface area contributed by atoms with Crippen LogP contribution >= 0.6 is 12.4 Å². The van der Waals surface area contributed by atoms with Crippen LogP contribution in [-0.2, 0) is 4.79 Å². The van der Waals surface area contributed by atoms with Gasteiger partial charge in [0.25, 0.3) is 0 Å². The van der Waals surface area contributed by atoms with Gasteiger partial charge in [-0.25, -0.2) is 0 Å².